The van der Waals surface area contributed by atoms with Crippen LogP contribution in [0.1, 0.15) is 105 Å². The van der Waals surface area contributed by atoms with Crippen LogP contribution in [0.15, 0.2) is 34.7 Å². The summed E-state index contributed by atoms with van der Waals surface area (Å²) in [5, 5.41) is 12.7. The van der Waals surface area contributed by atoms with Gasteiger partial charge in [-0.1, -0.05) is 46.2 Å². The lowest BCUT2D eigenvalue weighted by atomic mass is 9.92. The van der Waals surface area contributed by atoms with Crippen LogP contribution in [-0.2, 0) is 0 Å². The van der Waals surface area contributed by atoms with E-state index < -0.39 is 0 Å². The van der Waals surface area contributed by atoms with Crippen LogP contribution >= 0.6 is 0 Å². The molecule has 1 atom stereocenters. The van der Waals surface area contributed by atoms with Gasteiger partial charge >= 0.3 is 0 Å². The first kappa shape index (κ1) is 26.7. The van der Waals surface area contributed by atoms with Crippen molar-refractivity contribution >= 4 is 11.7 Å². The molecule has 1 heterocycles. The Morgan fingerprint density at radius 3 is 2.33 bits per heavy atom. The van der Waals surface area contributed by atoms with Crippen LogP contribution in [0.5, 0.6) is 5.75 Å². The maximum atomic E-state index is 12.9. The molecule has 1 aromatic carbocycles. The van der Waals surface area contributed by atoms with Gasteiger partial charge < -0.3 is 19.6 Å². The Hall–Kier alpha value is -2.60. The molecule has 1 aromatic heterocycles. The summed E-state index contributed by atoms with van der Waals surface area (Å²) in [5.41, 5.74) is 1.31. The second-order valence-electron chi connectivity index (χ2n) is 9.22. The zero-order chi connectivity index (χ0) is 24.5. The smallest absolute Gasteiger partial charge is 0.255 e. The second-order valence-corrected chi connectivity index (χ2v) is 9.22. The first-order valence-corrected chi connectivity index (χ1v) is 11.9. The van der Waals surface area contributed by atoms with Crippen molar-refractivity contribution in [2.75, 3.05) is 7.11 Å². The molecule has 0 aliphatic heterocycles. The molecule has 0 radical (unpaired) electrons. The van der Waals surface area contributed by atoms with E-state index >= 15 is 0 Å². The predicted octanol–water partition coefficient (Wildman–Crippen LogP) is 5.73. The van der Waals surface area contributed by atoms with Crippen molar-refractivity contribution < 1.29 is 23.8 Å². The maximum Gasteiger partial charge on any atom is 0.255 e. The van der Waals surface area contributed by atoms with E-state index in [1.165, 1.54) is 19.4 Å². The molecule has 1 aliphatic rings. The number of hydrogen-bond acceptors (Lipinski definition) is 5. The number of ether oxygens (including phenoxy) is 1. The lowest BCUT2D eigenvalue weighted by molar-refractivity contribution is 0.0865. The summed E-state index contributed by atoms with van der Waals surface area (Å²) in [5.74, 6) is 1.55. The van der Waals surface area contributed by atoms with Crippen molar-refractivity contribution in [3.63, 3.8) is 0 Å². The number of ketones is 1. The summed E-state index contributed by atoms with van der Waals surface area (Å²) in [6.45, 7) is 10.00. The molecule has 3 rings (SSSR count). The fourth-order valence-electron chi connectivity index (χ4n) is 3.62. The van der Waals surface area contributed by atoms with Gasteiger partial charge in [-0.15, -0.1) is 0 Å². The molecule has 2 N–H and O–H groups in total. The Kier molecular flexibility index (Phi) is 10.2. The molecule has 182 valence electrons. The van der Waals surface area contributed by atoms with E-state index in [9.17, 15) is 14.7 Å². The number of benzene rings is 1. The highest BCUT2D eigenvalue weighted by atomic mass is 16.5. The number of nitrogens with one attached hydrogen (secondary N) is 1. The molecule has 1 aliphatic carbocycles. The summed E-state index contributed by atoms with van der Waals surface area (Å²) < 4.78 is 11.1. The van der Waals surface area contributed by atoms with Gasteiger partial charge in [0.1, 0.15) is 11.5 Å². The Labute approximate surface area is 197 Å². The third-order valence-corrected chi connectivity index (χ3v) is 6.19. The van der Waals surface area contributed by atoms with Crippen LogP contribution in [0, 0.1) is 5.92 Å². The number of carbonyl (C=O) groups excluding carboxylic acids is 2. The first-order valence-electron chi connectivity index (χ1n) is 11.9. The topological polar surface area (TPSA) is 88.8 Å². The van der Waals surface area contributed by atoms with E-state index in [2.05, 4.69) is 26.1 Å². The number of methoxy groups -OCH3 is 1. The summed E-state index contributed by atoms with van der Waals surface area (Å²) >= 11 is 0. The van der Waals surface area contributed by atoms with Gasteiger partial charge in [-0.3, -0.25) is 9.59 Å². The Bertz CT molecular complexity index is 909. The van der Waals surface area contributed by atoms with Gasteiger partial charge in [0, 0.05) is 24.9 Å². The molecule has 6 nitrogen and oxygen atoms in total. The van der Waals surface area contributed by atoms with Crippen molar-refractivity contribution in [1.29, 1.82) is 0 Å². The van der Waals surface area contributed by atoms with Crippen LogP contribution in [-0.4, -0.2) is 36.1 Å². The van der Waals surface area contributed by atoms with E-state index in [1.54, 1.807) is 7.11 Å². The zero-order valence-electron chi connectivity index (χ0n) is 20.8. The number of Topliss-reactive ketones (excluding diaryl/α,β-unsaturated/α-hetero) is 1. The molecule has 1 saturated carbocycles. The molecular weight excluding hydrogens is 418 g/mol. The number of amides is 1. The number of carbonyl (C=O) groups is 2. The van der Waals surface area contributed by atoms with E-state index in [0.29, 0.717) is 24.2 Å². The number of hydrogen-bond donors (Lipinski definition) is 2. The first-order chi connectivity index (χ1) is 15.7. The lowest BCUT2D eigenvalue weighted by Crippen LogP contribution is -2.38. The van der Waals surface area contributed by atoms with Gasteiger partial charge in [0.15, 0.2) is 11.5 Å². The summed E-state index contributed by atoms with van der Waals surface area (Å²) in [7, 11) is 1.60. The highest BCUT2D eigenvalue weighted by molar-refractivity contribution is 5.99. The fraction of sp³-hybridized carbons (Fsp3) is 0.556. The molecular formula is C27H39NO5. The van der Waals surface area contributed by atoms with Crippen LogP contribution in [0.2, 0.25) is 0 Å². The van der Waals surface area contributed by atoms with E-state index in [0.717, 1.165) is 30.1 Å². The van der Waals surface area contributed by atoms with Gasteiger partial charge in [0.05, 0.1) is 18.8 Å². The predicted molar refractivity (Wildman–Crippen MR) is 130 cm³/mol. The van der Waals surface area contributed by atoms with Crippen LogP contribution < -0.4 is 10.1 Å². The van der Waals surface area contributed by atoms with Crippen molar-refractivity contribution in [1.82, 2.24) is 5.32 Å². The molecule has 2 aromatic rings. The van der Waals surface area contributed by atoms with Crippen molar-refractivity contribution in [2.45, 2.75) is 84.8 Å². The molecule has 6 heteroatoms. The molecule has 0 bridgehead atoms. The Balaban J connectivity index is 0.000000696. The third kappa shape index (κ3) is 7.74. The average molecular weight is 458 g/mol. The van der Waals surface area contributed by atoms with Crippen LogP contribution in [0.3, 0.4) is 0 Å². The minimum absolute atomic E-state index is 0.0200. The molecule has 1 amide bonds. The third-order valence-electron chi connectivity index (χ3n) is 6.19. The minimum Gasteiger partial charge on any atom is -0.497 e. The van der Waals surface area contributed by atoms with Gasteiger partial charge in [-0.2, -0.15) is 0 Å². The highest BCUT2D eigenvalue weighted by Crippen LogP contribution is 2.32. The normalized spacial score (nSPS) is 18.8. The molecule has 0 saturated heterocycles. The van der Waals surface area contributed by atoms with Gasteiger partial charge in [0.2, 0.25) is 0 Å². The quantitative estimate of drug-likeness (QED) is 0.519. The van der Waals surface area contributed by atoms with Gasteiger partial charge in [-0.05, 0) is 49.3 Å². The summed E-state index contributed by atoms with van der Waals surface area (Å²) in [4.78, 5) is 24.8. The number of aliphatic hydroxyl groups is 1. The summed E-state index contributed by atoms with van der Waals surface area (Å²) in [6.07, 6.45) is 3.87. The fourth-order valence-corrected chi connectivity index (χ4v) is 3.62. The summed E-state index contributed by atoms with van der Waals surface area (Å²) in [6, 6.07) is 9.11. The van der Waals surface area contributed by atoms with Crippen molar-refractivity contribution in [3.8, 4) is 5.75 Å². The standard InChI is InChI=1S/C22H27NO5.C5H12/c1-13(15-5-4-6-18(11-15)27-3)21-19(12-20(28-21)14(2)24)22(26)23-16-7-9-17(25)10-8-16;1-4-5(2)3/h4-6,11-13,16-17,25H,7-10H2,1-3H3,(H,23,26);5H,4H2,1-3H3. The number of aliphatic hydroxyl groups excluding tert-OH is 1. The second kappa shape index (κ2) is 12.6. The molecule has 1 unspecified atom stereocenters. The molecule has 33 heavy (non-hydrogen) atoms. The molecule has 1 fully saturated rings. The van der Waals surface area contributed by atoms with E-state index in [1.807, 2.05) is 31.2 Å². The minimum atomic E-state index is -0.282. The average Bonchev–Trinajstić information content (AvgIpc) is 3.26. The lowest BCUT2D eigenvalue weighted by Gasteiger charge is -2.26. The number of furan rings is 1. The monoisotopic (exact) mass is 457 g/mol. The maximum absolute atomic E-state index is 12.9. The van der Waals surface area contributed by atoms with Crippen molar-refractivity contribution in [3.05, 3.63) is 53.0 Å². The van der Waals surface area contributed by atoms with Crippen LogP contribution in [0.4, 0.5) is 0 Å². The SMILES string of the molecule is CCC(C)C.COc1cccc(C(C)c2oc(C(C)=O)cc2C(=O)NC2CCC(O)CC2)c1. The van der Waals surface area contributed by atoms with Crippen molar-refractivity contribution in [2.24, 2.45) is 5.92 Å². The molecule has 0 spiro atoms. The van der Waals surface area contributed by atoms with Gasteiger partial charge in [0.25, 0.3) is 5.91 Å². The largest absolute Gasteiger partial charge is 0.497 e. The zero-order valence-corrected chi connectivity index (χ0v) is 20.8. The number of rotatable bonds is 7. The Morgan fingerprint density at radius 1 is 1.15 bits per heavy atom. The highest BCUT2D eigenvalue weighted by Gasteiger charge is 2.27. The Morgan fingerprint density at radius 2 is 1.79 bits per heavy atom. The van der Waals surface area contributed by atoms with E-state index in [-0.39, 0.29) is 35.5 Å². The van der Waals surface area contributed by atoms with Gasteiger partial charge in [-0.25, -0.2) is 0 Å². The van der Waals surface area contributed by atoms with E-state index in [4.69, 9.17) is 9.15 Å². The van der Waals surface area contributed by atoms with Crippen LogP contribution in [0.25, 0.3) is 0 Å².